The molecular weight excluding hydrogens is 600 g/mol. The predicted octanol–water partition coefficient (Wildman–Crippen LogP) is 9.22. The summed E-state index contributed by atoms with van der Waals surface area (Å²) in [6.45, 7) is 13.4. The van der Waals surface area contributed by atoms with Crippen LogP contribution in [0.5, 0.6) is 0 Å². The fraction of sp³-hybridized carbons (Fsp3) is 0.775. The third-order valence-corrected chi connectivity index (χ3v) is 13.3. The highest BCUT2D eigenvalue weighted by Crippen LogP contribution is 2.67. The largest absolute Gasteiger partial charge is 0.508 e. The highest BCUT2D eigenvalue weighted by molar-refractivity contribution is 5.94. The molecule has 8 atom stereocenters. The molecule has 5 rings (SSSR count). The standard InChI is InChI=1S/C40H64N4O4/c1-27(2)11-10-12-28(3)33-16-17-34-32-15-14-30-25-31(19-21-39(30,4)35(32)20-22-40(33,34)5)48-38(46)47-24-9-7-6-8-23-42-37(45)29-13-18-36(44-41)43-26-29/h13-14,18,26-28,31-35H,6-12,15-17,19-25,41H2,1-5H3,(H,42,45)(H,43,44)/t28-,31+,32+,33-,34+,35+,39+,40-/m1/s1. The second-order valence-corrected chi connectivity index (χ2v) is 16.6. The van der Waals surface area contributed by atoms with E-state index in [0.717, 1.165) is 80.5 Å². The third kappa shape index (κ3) is 8.39. The van der Waals surface area contributed by atoms with Gasteiger partial charge in [0.1, 0.15) is 11.9 Å². The lowest BCUT2D eigenvalue weighted by atomic mass is 9.47. The molecule has 1 heterocycles. The van der Waals surface area contributed by atoms with Crippen LogP contribution in [0.2, 0.25) is 0 Å². The Bertz CT molecular complexity index is 1250. The number of aromatic nitrogens is 1. The molecule has 0 unspecified atom stereocenters. The molecule has 0 spiro atoms. The number of allylic oxidation sites excluding steroid dienone is 1. The van der Waals surface area contributed by atoms with Crippen LogP contribution in [0.1, 0.15) is 141 Å². The molecule has 3 fully saturated rings. The summed E-state index contributed by atoms with van der Waals surface area (Å²) in [5, 5.41) is 2.91. The lowest BCUT2D eigenvalue weighted by Gasteiger charge is -2.58. The summed E-state index contributed by atoms with van der Waals surface area (Å²) < 4.78 is 11.3. The van der Waals surface area contributed by atoms with Gasteiger partial charge in [-0.05, 0) is 123 Å². The van der Waals surface area contributed by atoms with Crippen LogP contribution in [0.25, 0.3) is 0 Å². The average molecular weight is 665 g/mol. The van der Waals surface area contributed by atoms with Crippen LogP contribution in [0, 0.1) is 46.3 Å². The zero-order chi connectivity index (χ0) is 34.3. The van der Waals surface area contributed by atoms with E-state index < -0.39 is 6.16 Å². The van der Waals surface area contributed by atoms with Gasteiger partial charge in [0, 0.05) is 19.2 Å². The van der Waals surface area contributed by atoms with E-state index in [-0.39, 0.29) is 17.4 Å². The summed E-state index contributed by atoms with van der Waals surface area (Å²) in [7, 11) is 0. The van der Waals surface area contributed by atoms with Gasteiger partial charge in [-0.1, -0.05) is 72.0 Å². The molecule has 0 aromatic carbocycles. The van der Waals surface area contributed by atoms with Gasteiger partial charge in [0.25, 0.3) is 5.91 Å². The number of rotatable bonds is 15. The Labute approximate surface area is 290 Å². The van der Waals surface area contributed by atoms with Crippen LogP contribution in [0.3, 0.4) is 0 Å². The quantitative estimate of drug-likeness (QED) is 0.0563. The van der Waals surface area contributed by atoms with Gasteiger partial charge < -0.3 is 20.2 Å². The number of nitrogen functional groups attached to an aromatic ring is 1. The van der Waals surface area contributed by atoms with Gasteiger partial charge in [0.15, 0.2) is 0 Å². The van der Waals surface area contributed by atoms with Crippen LogP contribution >= 0.6 is 0 Å². The Morgan fingerprint density at radius 2 is 1.79 bits per heavy atom. The van der Waals surface area contributed by atoms with Gasteiger partial charge >= 0.3 is 6.16 Å². The summed E-state index contributed by atoms with van der Waals surface area (Å²) in [5.41, 5.74) is 5.25. The Morgan fingerprint density at radius 3 is 2.54 bits per heavy atom. The second kappa shape index (κ2) is 16.4. The highest BCUT2D eigenvalue weighted by Gasteiger charge is 2.59. The van der Waals surface area contributed by atoms with Crippen molar-refractivity contribution in [1.29, 1.82) is 0 Å². The number of hydrazine groups is 1. The number of nitrogens with one attached hydrogen (secondary N) is 2. The second-order valence-electron chi connectivity index (χ2n) is 16.6. The molecule has 0 radical (unpaired) electrons. The lowest BCUT2D eigenvalue weighted by molar-refractivity contribution is -0.0617. The number of anilines is 1. The van der Waals surface area contributed by atoms with Crippen molar-refractivity contribution in [2.45, 2.75) is 137 Å². The van der Waals surface area contributed by atoms with Gasteiger partial charge in [0.05, 0.1) is 12.2 Å². The first-order valence-corrected chi connectivity index (χ1v) is 19.3. The molecule has 268 valence electrons. The van der Waals surface area contributed by atoms with Crippen molar-refractivity contribution in [3.63, 3.8) is 0 Å². The van der Waals surface area contributed by atoms with Crippen LogP contribution in [-0.2, 0) is 9.47 Å². The van der Waals surface area contributed by atoms with Crippen molar-refractivity contribution >= 4 is 17.9 Å². The third-order valence-electron chi connectivity index (χ3n) is 13.3. The maximum Gasteiger partial charge on any atom is 0.508 e. The van der Waals surface area contributed by atoms with Gasteiger partial charge in [-0.2, -0.15) is 0 Å². The first kappa shape index (κ1) is 36.7. The summed E-state index contributed by atoms with van der Waals surface area (Å²) in [4.78, 5) is 28.9. The van der Waals surface area contributed by atoms with E-state index in [1.807, 2.05) is 0 Å². The maximum atomic E-state index is 12.6. The summed E-state index contributed by atoms with van der Waals surface area (Å²) in [5.74, 6) is 10.7. The smallest absolute Gasteiger partial charge is 0.434 e. The number of nitrogens with two attached hydrogens (primary N) is 1. The fourth-order valence-corrected chi connectivity index (χ4v) is 10.6. The number of hydrogen-bond donors (Lipinski definition) is 3. The number of carbonyl (C=O) groups excluding carboxylic acids is 2. The van der Waals surface area contributed by atoms with Crippen molar-refractivity contribution in [3.8, 4) is 0 Å². The molecule has 1 aromatic heterocycles. The average Bonchev–Trinajstić information content (AvgIpc) is 3.43. The summed E-state index contributed by atoms with van der Waals surface area (Å²) in [6, 6.07) is 3.35. The molecule has 0 aliphatic heterocycles. The van der Waals surface area contributed by atoms with E-state index in [2.05, 4.69) is 56.4 Å². The first-order chi connectivity index (χ1) is 23.0. The van der Waals surface area contributed by atoms with E-state index in [4.69, 9.17) is 15.3 Å². The number of fused-ring (bicyclic) bond motifs is 5. The van der Waals surface area contributed by atoms with E-state index in [1.54, 1.807) is 17.7 Å². The summed E-state index contributed by atoms with van der Waals surface area (Å²) in [6.07, 6.45) is 20.9. The monoisotopic (exact) mass is 664 g/mol. The molecular formula is C40H64N4O4. The van der Waals surface area contributed by atoms with Crippen LogP contribution in [-0.4, -0.2) is 36.3 Å². The fourth-order valence-electron chi connectivity index (χ4n) is 10.6. The molecule has 48 heavy (non-hydrogen) atoms. The van der Waals surface area contributed by atoms with Crippen LogP contribution in [0.15, 0.2) is 30.0 Å². The zero-order valence-electron chi connectivity index (χ0n) is 30.5. The van der Waals surface area contributed by atoms with Gasteiger partial charge in [0.2, 0.25) is 0 Å². The molecule has 1 aromatic rings. The SMILES string of the molecule is CC(C)CCC[C@@H](C)[C@H]1CC[C@H]2[C@@H]3CC=C4C[C@@H](OC(=O)OCCCCCCNC(=O)c5ccc(NN)nc5)CC[C@]4(C)[C@H]3CC[C@]12C. The minimum absolute atomic E-state index is 0.0774. The Balaban J connectivity index is 0.999. The Hall–Kier alpha value is -2.61. The normalized spacial score (nSPS) is 31.6. The molecule has 4 aliphatic carbocycles. The number of unbranched alkanes of at least 4 members (excludes halogenated alkanes) is 3. The van der Waals surface area contributed by atoms with Gasteiger partial charge in [-0.15, -0.1) is 0 Å². The van der Waals surface area contributed by atoms with E-state index in [9.17, 15) is 9.59 Å². The van der Waals surface area contributed by atoms with Crippen molar-refractivity contribution in [3.05, 3.63) is 35.5 Å². The number of carbonyl (C=O) groups is 2. The number of ether oxygens (including phenoxy) is 2. The van der Waals surface area contributed by atoms with Crippen molar-refractivity contribution in [2.24, 2.45) is 52.2 Å². The van der Waals surface area contributed by atoms with Gasteiger partial charge in [-0.25, -0.2) is 15.6 Å². The number of hydrogen-bond acceptors (Lipinski definition) is 7. The van der Waals surface area contributed by atoms with E-state index in [1.165, 1.54) is 57.6 Å². The number of nitrogens with zero attached hydrogens (tertiary/aromatic N) is 1. The van der Waals surface area contributed by atoms with Crippen LogP contribution < -0.4 is 16.6 Å². The molecule has 0 bridgehead atoms. The first-order valence-electron chi connectivity index (χ1n) is 19.3. The van der Waals surface area contributed by atoms with Crippen molar-refractivity contribution in [1.82, 2.24) is 10.3 Å². The molecule has 4 N–H and O–H groups in total. The molecule has 4 aliphatic rings. The molecule has 0 saturated heterocycles. The minimum atomic E-state index is -0.525. The van der Waals surface area contributed by atoms with Crippen molar-refractivity contribution < 1.29 is 19.1 Å². The molecule has 8 heteroatoms. The topological polar surface area (TPSA) is 116 Å². The summed E-state index contributed by atoms with van der Waals surface area (Å²) >= 11 is 0. The zero-order valence-corrected chi connectivity index (χ0v) is 30.5. The number of pyridine rings is 1. The molecule has 8 nitrogen and oxygen atoms in total. The lowest BCUT2D eigenvalue weighted by Crippen LogP contribution is -2.51. The van der Waals surface area contributed by atoms with E-state index in [0.29, 0.717) is 29.9 Å². The highest BCUT2D eigenvalue weighted by atomic mass is 16.7. The molecule has 1 amide bonds. The Kier molecular flexibility index (Phi) is 12.5. The predicted molar refractivity (Wildman–Crippen MR) is 192 cm³/mol. The minimum Gasteiger partial charge on any atom is -0.434 e. The maximum absolute atomic E-state index is 12.6. The number of amides is 1. The van der Waals surface area contributed by atoms with Crippen LogP contribution in [0.4, 0.5) is 10.6 Å². The Morgan fingerprint density at radius 1 is 0.979 bits per heavy atom. The molecule has 3 saturated carbocycles. The van der Waals surface area contributed by atoms with Crippen molar-refractivity contribution in [2.75, 3.05) is 18.6 Å². The van der Waals surface area contributed by atoms with E-state index >= 15 is 0 Å². The van der Waals surface area contributed by atoms with Gasteiger partial charge in [-0.3, -0.25) is 4.79 Å².